The fourth-order valence-corrected chi connectivity index (χ4v) is 1.30. The summed E-state index contributed by atoms with van der Waals surface area (Å²) in [5.74, 6) is 0. The molecule has 1 aromatic rings. The molecule has 2 heteroatoms. The molecule has 0 bridgehead atoms. The number of allylic oxidation sites excluding steroid dienone is 2. The Bertz CT molecular complexity index is 323. The van der Waals surface area contributed by atoms with E-state index in [0.717, 1.165) is 18.4 Å². The van der Waals surface area contributed by atoms with Crippen molar-refractivity contribution in [2.24, 2.45) is 11.5 Å². The van der Waals surface area contributed by atoms with Gasteiger partial charge < -0.3 is 11.5 Å². The summed E-state index contributed by atoms with van der Waals surface area (Å²) in [5.41, 5.74) is 13.7. The molecule has 0 radical (unpaired) electrons. The normalized spacial score (nSPS) is 10.3. The largest absolute Gasteiger partial charge is 0.404 e. The summed E-state index contributed by atoms with van der Waals surface area (Å²) in [4.78, 5) is 0. The first-order chi connectivity index (χ1) is 7.76. The molecule has 0 amide bonds. The third-order valence-electron chi connectivity index (χ3n) is 2.30. The summed E-state index contributed by atoms with van der Waals surface area (Å²) in [6.45, 7) is 5.81. The maximum Gasteiger partial charge on any atom is -0.00298 e. The van der Waals surface area contributed by atoms with E-state index in [2.05, 4.69) is 43.5 Å². The number of rotatable bonds is 4. The van der Waals surface area contributed by atoms with Gasteiger partial charge in [0.05, 0.1) is 0 Å². The van der Waals surface area contributed by atoms with E-state index in [4.69, 9.17) is 5.73 Å². The molecule has 2 nitrogen and oxygen atoms in total. The van der Waals surface area contributed by atoms with Gasteiger partial charge >= 0.3 is 0 Å². The Morgan fingerprint density at radius 2 is 1.81 bits per heavy atom. The molecule has 0 heterocycles. The number of nitrogens with two attached hydrogens (primary N) is 2. The second kappa shape index (κ2) is 8.74. The van der Waals surface area contributed by atoms with Crippen LogP contribution in [0.1, 0.15) is 17.5 Å². The van der Waals surface area contributed by atoms with E-state index in [0.29, 0.717) is 0 Å². The minimum Gasteiger partial charge on any atom is -0.404 e. The van der Waals surface area contributed by atoms with Crippen molar-refractivity contribution < 1.29 is 0 Å². The number of aryl methyl sites for hydroxylation is 2. The lowest BCUT2D eigenvalue weighted by Crippen LogP contribution is -1.90. The van der Waals surface area contributed by atoms with Crippen LogP contribution < -0.4 is 11.5 Å². The molecular weight excluding hydrogens is 196 g/mol. The zero-order valence-electron chi connectivity index (χ0n) is 10.2. The van der Waals surface area contributed by atoms with Gasteiger partial charge in [-0.3, -0.25) is 0 Å². The van der Waals surface area contributed by atoms with Gasteiger partial charge in [0.1, 0.15) is 0 Å². The molecule has 0 aliphatic rings. The van der Waals surface area contributed by atoms with Crippen molar-refractivity contribution in [2.75, 3.05) is 7.05 Å². The quantitative estimate of drug-likeness (QED) is 0.763. The minimum absolute atomic E-state index is 0.961. The summed E-state index contributed by atoms with van der Waals surface area (Å²) in [7, 11) is 1.50. The molecule has 1 aromatic carbocycles. The van der Waals surface area contributed by atoms with Crippen LogP contribution >= 0.6 is 0 Å². The fraction of sp³-hybridized carbons (Fsp3) is 0.286. The molecule has 0 unspecified atom stereocenters. The van der Waals surface area contributed by atoms with E-state index in [1.54, 1.807) is 6.20 Å². The summed E-state index contributed by atoms with van der Waals surface area (Å²) in [6.07, 6.45) is 5.42. The minimum atomic E-state index is 0.961. The van der Waals surface area contributed by atoms with Gasteiger partial charge in [-0.1, -0.05) is 42.5 Å². The topological polar surface area (TPSA) is 52.0 Å². The molecule has 0 atom stereocenters. The van der Waals surface area contributed by atoms with Crippen LogP contribution in [-0.2, 0) is 6.42 Å². The van der Waals surface area contributed by atoms with E-state index in [-0.39, 0.29) is 0 Å². The number of hydrogen-bond donors (Lipinski definition) is 2. The fourth-order valence-electron chi connectivity index (χ4n) is 1.30. The molecule has 0 saturated carbocycles. The summed E-state index contributed by atoms with van der Waals surface area (Å²) in [5, 5.41) is 0. The highest BCUT2D eigenvalue weighted by Gasteiger charge is 1.94. The van der Waals surface area contributed by atoms with Crippen molar-refractivity contribution in [3.63, 3.8) is 0 Å². The highest BCUT2D eigenvalue weighted by molar-refractivity contribution is 5.23. The van der Waals surface area contributed by atoms with Gasteiger partial charge in [-0.2, -0.15) is 0 Å². The van der Waals surface area contributed by atoms with Crippen molar-refractivity contribution in [3.8, 4) is 0 Å². The second-order valence-electron chi connectivity index (χ2n) is 3.43. The van der Waals surface area contributed by atoms with Gasteiger partial charge in [-0.25, -0.2) is 0 Å². The maximum atomic E-state index is 5.44. The molecule has 88 valence electrons. The smallest absolute Gasteiger partial charge is 0.00298 e. The third-order valence-corrected chi connectivity index (χ3v) is 2.30. The number of hydrogen-bond acceptors (Lipinski definition) is 2. The highest BCUT2D eigenvalue weighted by atomic mass is 14.5. The van der Waals surface area contributed by atoms with Gasteiger partial charge in [0, 0.05) is 0 Å². The molecule has 4 N–H and O–H groups in total. The van der Waals surface area contributed by atoms with E-state index < -0.39 is 0 Å². The molecule has 0 spiro atoms. The Kier molecular flexibility index (Phi) is 7.90. The Labute approximate surface area is 98.7 Å². The van der Waals surface area contributed by atoms with Crippen LogP contribution in [-0.4, -0.2) is 7.05 Å². The predicted molar refractivity (Wildman–Crippen MR) is 72.1 cm³/mol. The SMILES string of the molecule is C=C/C(=C\N)CCc1ccc(C)cc1.CN. The summed E-state index contributed by atoms with van der Waals surface area (Å²) >= 11 is 0. The van der Waals surface area contributed by atoms with Crippen LogP contribution in [0.25, 0.3) is 0 Å². The van der Waals surface area contributed by atoms with Crippen LogP contribution in [0.15, 0.2) is 48.7 Å². The first kappa shape index (κ1) is 14.5. The molecule has 0 aliphatic carbocycles. The molecule has 0 aliphatic heterocycles. The van der Waals surface area contributed by atoms with Gasteiger partial charge in [-0.15, -0.1) is 0 Å². The van der Waals surface area contributed by atoms with Crippen LogP contribution in [0.3, 0.4) is 0 Å². The van der Waals surface area contributed by atoms with Crippen LogP contribution in [0.5, 0.6) is 0 Å². The van der Waals surface area contributed by atoms with Crippen molar-refractivity contribution in [2.45, 2.75) is 19.8 Å². The summed E-state index contributed by atoms with van der Waals surface area (Å²) < 4.78 is 0. The Morgan fingerprint density at radius 3 is 2.25 bits per heavy atom. The average Bonchev–Trinajstić information content (AvgIpc) is 2.35. The Hall–Kier alpha value is -1.54. The standard InChI is InChI=1S/C13H17N.CH5N/c1-3-12(10-14)8-9-13-6-4-11(2)5-7-13;1-2/h3-7,10H,1,8-9,14H2,2H3;2H2,1H3/b12-10+;. The first-order valence-electron chi connectivity index (χ1n) is 5.42. The zero-order chi connectivity index (χ0) is 12.4. The van der Waals surface area contributed by atoms with Crippen LogP contribution in [0.4, 0.5) is 0 Å². The zero-order valence-corrected chi connectivity index (χ0v) is 10.2. The van der Waals surface area contributed by atoms with E-state index in [9.17, 15) is 0 Å². The van der Waals surface area contributed by atoms with Gasteiger partial charge in [0.2, 0.25) is 0 Å². The van der Waals surface area contributed by atoms with E-state index in [1.807, 2.05) is 6.08 Å². The lowest BCUT2D eigenvalue weighted by atomic mass is 10.0. The molecule has 0 saturated heterocycles. The monoisotopic (exact) mass is 218 g/mol. The molecule has 0 aromatic heterocycles. The van der Waals surface area contributed by atoms with Crippen molar-refractivity contribution in [1.29, 1.82) is 0 Å². The predicted octanol–water partition coefficient (Wildman–Crippen LogP) is 2.53. The van der Waals surface area contributed by atoms with Crippen molar-refractivity contribution in [3.05, 3.63) is 59.8 Å². The Morgan fingerprint density at radius 1 is 1.25 bits per heavy atom. The molecular formula is C14H22N2. The van der Waals surface area contributed by atoms with Crippen LogP contribution in [0, 0.1) is 6.92 Å². The Balaban J connectivity index is 0.00000106. The third kappa shape index (κ3) is 5.37. The molecule has 16 heavy (non-hydrogen) atoms. The van der Waals surface area contributed by atoms with Gasteiger partial charge in [0.25, 0.3) is 0 Å². The lowest BCUT2D eigenvalue weighted by molar-refractivity contribution is 0.960. The van der Waals surface area contributed by atoms with Gasteiger partial charge in [-0.05, 0) is 44.1 Å². The maximum absolute atomic E-state index is 5.44. The van der Waals surface area contributed by atoms with Crippen molar-refractivity contribution in [1.82, 2.24) is 0 Å². The molecule has 0 fully saturated rings. The van der Waals surface area contributed by atoms with E-state index in [1.165, 1.54) is 18.2 Å². The molecule has 1 rings (SSSR count). The average molecular weight is 218 g/mol. The number of benzene rings is 1. The first-order valence-corrected chi connectivity index (χ1v) is 5.42. The van der Waals surface area contributed by atoms with Crippen molar-refractivity contribution >= 4 is 0 Å². The lowest BCUT2D eigenvalue weighted by Gasteiger charge is -2.02. The highest BCUT2D eigenvalue weighted by Crippen LogP contribution is 2.10. The van der Waals surface area contributed by atoms with Gasteiger partial charge in [0.15, 0.2) is 0 Å². The summed E-state index contributed by atoms with van der Waals surface area (Å²) in [6, 6.07) is 8.59. The second-order valence-corrected chi connectivity index (χ2v) is 3.43. The van der Waals surface area contributed by atoms with E-state index >= 15 is 0 Å². The van der Waals surface area contributed by atoms with Crippen LogP contribution in [0.2, 0.25) is 0 Å².